The number of hydrazine groups is 1. The van der Waals surface area contributed by atoms with E-state index >= 15 is 0 Å². The molecule has 1 aromatic carbocycles. The van der Waals surface area contributed by atoms with Gasteiger partial charge in [-0.05, 0) is 40.2 Å². The normalized spacial score (nSPS) is 10.1. The fraction of sp³-hybridized carbons (Fsp3) is 0. The Morgan fingerprint density at radius 3 is 2.71 bits per heavy atom. The fourth-order valence-corrected chi connectivity index (χ4v) is 2.37. The molecule has 0 bridgehead atoms. The van der Waals surface area contributed by atoms with Gasteiger partial charge in [0.05, 0.1) is 4.47 Å². The number of pyridine rings is 1. The first-order valence-electron chi connectivity index (χ1n) is 4.74. The summed E-state index contributed by atoms with van der Waals surface area (Å²) >= 11 is 6.81. The van der Waals surface area contributed by atoms with Crippen LogP contribution in [-0.4, -0.2) is 4.98 Å². The van der Waals surface area contributed by atoms with E-state index in [-0.39, 0.29) is 0 Å². The molecular weight excluding hydrogens is 350 g/mol. The van der Waals surface area contributed by atoms with Crippen LogP contribution in [0.4, 0.5) is 5.82 Å². The van der Waals surface area contributed by atoms with Crippen molar-refractivity contribution < 1.29 is 4.74 Å². The lowest BCUT2D eigenvalue weighted by atomic mass is 10.3. The van der Waals surface area contributed by atoms with E-state index in [1.54, 1.807) is 18.3 Å². The predicted octanol–water partition coefficient (Wildman–Crippen LogP) is 3.68. The molecule has 0 radical (unpaired) electrons. The second-order valence-electron chi connectivity index (χ2n) is 3.20. The van der Waals surface area contributed by atoms with E-state index in [4.69, 9.17) is 10.6 Å². The second kappa shape index (κ2) is 5.48. The molecule has 1 aromatic heterocycles. The Morgan fingerprint density at radius 2 is 2.00 bits per heavy atom. The van der Waals surface area contributed by atoms with Crippen LogP contribution in [0.2, 0.25) is 0 Å². The number of anilines is 1. The molecule has 17 heavy (non-hydrogen) atoms. The molecule has 6 heteroatoms. The van der Waals surface area contributed by atoms with Crippen molar-refractivity contribution in [2.75, 3.05) is 5.43 Å². The maximum absolute atomic E-state index is 5.70. The Kier molecular flexibility index (Phi) is 3.98. The number of nitrogens with zero attached hydrogens (tertiary/aromatic N) is 1. The molecular formula is C11H9Br2N3O. The second-order valence-corrected chi connectivity index (χ2v) is 4.97. The molecule has 1 heterocycles. The minimum atomic E-state index is 0.552. The minimum absolute atomic E-state index is 0.552. The van der Waals surface area contributed by atoms with E-state index in [9.17, 15) is 0 Å². The van der Waals surface area contributed by atoms with E-state index in [0.717, 1.165) is 14.7 Å². The summed E-state index contributed by atoms with van der Waals surface area (Å²) < 4.78 is 7.55. The van der Waals surface area contributed by atoms with Gasteiger partial charge in [0.25, 0.3) is 0 Å². The van der Waals surface area contributed by atoms with Crippen LogP contribution in [0.3, 0.4) is 0 Å². The van der Waals surface area contributed by atoms with Crippen LogP contribution in [0.25, 0.3) is 0 Å². The maximum Gasteiger partial charge on any atom is 0.143 e. The third-order valence-electron chi connectivity index (χ3n) is 2.00. The first-order chi connectivity index (χ1) is 8.19. The topological polar surface area (TPSA) is 60.2 Å². The number of ether oxygens (including phenoxy) is 1. The number of halogens is 2. The van der Waals surface area contributed by atoms with Crippen molar-refractivity contribution in [2.45, 2.75) is 0 Å². The van der Waals surface area contributed by atoms with Gasteiger partial charge < -0.3 is 10.2 Å². The number of hydrogen-bond donors (Lipinski definition) is 2. The largest absolute Gasteiger partial charge is 0.456 e. The number of rotatable bonds is 3. The van der Waals surface area contributed by atoms with Crippen molar-refractivity contribution in [1.29, 1.82) is 0 Å². The molecule has 88 valence electrons. The van der Waals surface area contributed by atoms with E-state index in [2.05, 4.69) is 42.3 Å². The van der Waals surface area contributed by atoms with Crippen LogP contribution in [-0.2, 0) is 0 Å². The number of nitrogen functional groups attached to an aromatic ring is 1. The summed E-state index contributed by atoms with van der Waals surface area (Å²) in [7, 11) is 0. The zero-order valence-corrected chi connectivity index (χ0v) is 11.8. The average molecular weight is 359 g/mol. The minimum Gasteiger partial charge on any atom is -0.456 e. The Morgan fingerprint density at radius 1 is 1.18 bits per heavy atom. The Hall–Kier alpha value is -1.11. The average Bonchev–Trinajstić information content (AvgIpc) is 2.33. The molecule has 0 amide bonds. The summed E-state index contributed by atoms with van der Waals surface area (Å²) in [4.78, 5) is 4.00. The number of hydrogen-bond acceptors (Lipinski definition) is 4. The SMILES string of the molecule is NNc1cc(Oc2ccc(Br)cc2Br)ccn1. The quantitative estimate of drug-likeness (QED) is 0.649. The lowest BCUT2D eigenvalue weighted by Gasteiger charge is -2.08. The van der Waals surface area contributed by atoms with Crippen molar-refractivity contribution >= 4 is 37.7 Å². The molecule has 2 rings (SSSR count). The monoisotopic (exact) mass is 357 g/mol. The summed E-state index contributed by atoms with van der Waals surface area (Å²) in [5.41, 5.74) is 2.47. The summed E-state index contributed by atoms with van der Waals surface area (Å²) in [6, 6.07) is 9.16. The first kappa shape index (κ1) is 12.3. The van der Waals surface area contributed by atoms with Gasteiger partial charge >= 0.3 is 0 Å². The Balaban J connectivity index is 2.25. The molecule has 0 saturated heterocycles. The number of nitrogens with one attached hydrogen (secondary N) is 1. The Bertz CT molecular complexity index is 534. The number of aromatic nitrogens is 1. The highest BCUT2D eigenvalue weighted by atomic mass is 79.9. The summed E-state index contributed by atoms with van der Waals surface area (Å²) in [5, 5.41) is 0. The highest BCUT2D eigenvalue weighted by molar-refractivity contribution is 9.11. The van der Waals surface area contributed by atoms with Crippen molar-refractivity contribution in [1.82, 2.24) is 4.98 Å². The van der Waals surface area contributed by atoms with E-state index in [0.29, 0.717) is 11.6 Å². The van der Waals surface area contributed by atoms with Gasteiger partial charge in [0, 0.05) is 16.7 Å². The third-order valence-corrected chi connectivity index (χ3v) is 3.11. The van der Waals surface area contributed by atoms with Gasteiger partial charge in [-0.3, -0.25) is 0 Å². The smallest absolute Gasteiger partial charge is 0.143 e. The van der Waals surface area contributed by atoms with Crippen LogP contribution in [0.5, 0.6) is 11.5 Å². The molecule has 3 N–H and O–H groups in total. The van der Waals surface area contributed by atoms with Crippen LogP contribution in [0.1, 0.15) is 0 Å². The van der Waals surface area contributed by atoms with Gasteiger partial charge in [0.1, 0.15) is 17.3 Å². The van der Waals surface area contributed by atoms with Crippen molar-refractivity contribution in [2.24, 2.45) is 5.84 Å². The van der Waals surface area contributed by atoms with Gasteiger partial charge in [-0.15, -0.1) is 0 Å². The summed E-state index contributed by atoms with van der Waals surface area (Å²) in [6.45, 7) is 0. The molecule has 0 spiro atoms. The molecule has 0 fully saturated rings. The van der Waals surface area contributed by atoms with Crippen LogP contribution >= 0.6 is 31.9 Å². The standard InChI is InChI=1S/C11H9Br2N3O/c12-7-1-2-10(9(13)5-7)17-8-3-4-15-11(6-8)16-14/h1-6H,14H2,(H,15,16). The van der Waals surface area contributed by atoms with E-state index in [1.165, 1.54) is 0 Å². The molecule has 0 unspecified atom stereocenters. The molecule has 4 nitrogen and oxygen atoms in total. The van der Waals surface area contributed by atoms with Crippen molar-refractivity contribution in [3.8, 4) is 11.5 Å². The lowest BCUT2D eigenvalue weighted by Crippen LogP contribution is -2.08. The third kappa shape index (κ3) is 3.18. The van der Waals surface area contributed by atoms with Gasteiger partial charge in [0.15, 0.2) is 0 Å². The van der Waals surface area contributed by atoms with Crippen LogP contribution in [0.15, 0.2) is 45.5 Å². The molecule has 2 aromatic rings. The van der Waals surface area contributed by atoms with Crippen molar-refractivity contribution in [3.63, 3.8) is 0 Å². The Labute approximate surface area is 115 Å². The van der Waals surface area contributed by atoms with Crippen LogP contribution in [0, 0.1) is 0 Å². The van der Waals surface area contributed by atoms with Gasteiger partial charge in [-0.25, -0.2) is 10.8 Å². The van der Waals surface area contributed by atoms with Gasteiger partial charge in [-0.1, -0.05) is 15.9 Å². The highest BCUT2D eigenvalue weighted by Crippen LogP contribution is 2.32. The maximum atomic E-state index is 5.70. The van der Waals surface area contributed by atoms with Crippen LogP contribution < -0.4 is 16.0 Å². The zero-order chi connectivity index (χ0) is 12.3. The molecule has 0 aliphatic carbocycles. The first-order valence-corrected chi connectivity index (χ1v) is 6.33. The van der Waals surface area contributed by atoms with Gasteiger partial charge in [0.2, 0.25) is 0 Å². The number of nitrogens with two attached hydrogens (primary N) is 1. The molecule has 0 saturated carbocycles. The molecule has 0 aliphatic rings. The number of benzene rings is 1. The van der Waals surface area contributed by atoms with Crippen molar-refractivity contribution in [3.05, 3.63) is 45.5 Å². The van der Waals surface area contributed by atoms with E-state index in [1.807, 2.05) is 18.2 Å². The molecule has 0 atom stereocenters. The lowest BCUT2D eigenvalue weighted by molar-refractivity contribution is 0.479. The highest BCUT2D eigenvalue weighted by Gasteiger charge is 2.04. The zero-order valence-electron chi connectivity index (χ0n) is 8.65. The predicted molar refractivity (Wildman–Crippen MR) is 74.0 cm³/mol. The van der Waals surface area contributed by atoms with Gasteiger partial charge in [-0.2, -0.15) is 0 Å². The fourth-order valence-electron chi connectivity index (χ4n) is 1.24. The summed E-state index contributed by atoms with van der Waals surface area (Å²) in [5.74, 6) is 7.22. The summed E-state index contributed by atoms with van der Waals surface area (Å²) in [6.07, 6.45) is 1.62. The molecule has 0 aliphatic heterocycles. The van der Waals surface area contributed by atoms with E-state index < -0.39 is 0 Å².